The Labute approximate surface area is 220 Å². The van der Waals surface area contributed by atoms with Gasteiger partial charge in [0.1, 0.15) is 6.04 Å². The zero-order valence-electron chi connectivity index (χ0n) is 21.7. The van der Waals surface area contributed by atoms with Gasteiger partial charge >= 0.3 is 0 Å². The number of thioether (sulfide) groups is 1. The van der Waals surface area contributed by atoms with Crippen LogP contribution in [0.5, 0.6) is 0 Å². The van der Waals surface area contributed by atoms with Gasteiger partial charge in [0.2, 0.25) is 11.8 Å². The topological polar surface area (TPSA) is 49.4 Å². The molecule has 0 aliphatic rings. The average Bonchev–Trinajstić information content (AvgIpc) is 2.88. The van der Waals surface area contributed by atoms with E-state index < -0.39 is 6.04 Å². The molecule has 4 nitrogen and oxygen atoms in total. The summed E-state index contributed by atoms with van der Waals surface area (Å²) in [6, 6.07) is 25.9. The van der Waals surface area contributed by atoms with Crippen molar-refractivity contribution in [3.05, 3.63) is 107 Å². The number of amides is 2. The second-order valence-electron chi connectivity index (χ2n) is 9.28. The van der Waals surface area contributed by atoms with Crippen molar-refractivity contribution < 1.29 is 9.59 Å². The molecule has 0 bridgehead atoms. The molecule has 0 aliphatic heterocycles. The van der Waals surface area contributed by atoms with Crippen LogP contribution in [0.15, 0.2) is 78.9 Å². The Bertz CT molecular complexity index is 1120. The van der Waals surface area contributed by atoms with Crippen molar-refractivity contribution in [1.29, 1.82) is 0 Å². The molecule has 2 amide bonds. The van der Waals surface area contributed by atoms with Crippen molar-refractivity contribution in [1.82, 2.24) is 10.2 Å². The number of carbonyl (C=O) groups excluding carboxylic acids is 2. The minimum atomic E-state index is -0.573. The molecule has 0 unspecified atom stereocenters. The van der Waals surface area contributed by atoms with E-state index in [2.05, 4.69) is 50.4 Å². The fraction of sp³-hybridized carbons (Fsp3) is 0.355. The minimum Gasteiger partial charge on any atom is -0.354 e. The van der Waals surface area contributed by atoms with Crippen LogP contribution in [-0.2, 0) is 28.3 Å². The molecule has 0 aliphatic carbocycles. The lowest BCUT2D eigenvalue weighted by atomic mass is 10.0. The Morgan fingerprint density at radius 2 is 1.64 bits per heavy atom. The van der Waals surface area contributed by atoms with Crippen LogP contribution in [0.4, 0.5) is 0 Å². The standard InChI is InChI=1S/C31H38N2O2S/c1-4-5-18-32-31(35)29(20-26-14-7-6-8-15-26)33(21-28-17-10-9-13-25(28)3)30(34)23-36-22-27-16-11-12-24(2)19-27/h6-17,19,29H,4-5,18,20-23H2,1-3H3,(H,32,35)/t29-/m0/s1. The van der Waals surface area contributed by atoms with Gasteiger partial charge in [-0.3, -0.25) is 9.59 Å². The molecular weight excluding hydrogens is 464 g/mol. The van der Waals surface area contributed by atoms with Gasteiger partial charge in [-0.05, 0) is 42.5 Å². The monoisotopic (exact) mass is 502 g/mol. The highest BCUT2D eigenvalue weighted by molar-refractivity contribution is 7.99. The molecule has 3 aromatic carbocycles. The molecule has 0 heterocycles. The molecule has 0 fully saturated rings. The third-order valence-corrected chi connectivity index (χ3v) is 7.27. The van der Waals surface area contributed by atoms with Crippen molar-refractivity contribution in [2.75, 3.05) is 12.3 Å². The van der Waals surface area contributed by atoms with Crippen LogP contribution in [-0.4, -0.2) is 35.1 Å². The molecule has 1 atom stereocenters. The molecule has 36 heavy (non-hydrogen) atoms. The number of nitrogens with one attached hydrogen (secondary N) is 1. The molecule has 0 saturated carbocycles. The van der Waals surface area contributed by atoms with E-state index in [1.165, 1.54) is 11.1 Å². The van der Waals surface area contributed by atoms with Gasteiger partial charge in [0.05, 0.1) is 5.75 Å². The Morgan fingerprint density at radius 3 is 2.36 bits per heavy atom. The number of carbonyl (C=O) groups is 2. The van der Waals surface area contributed by atoms with Gasteiger partial charge in [0.15, 0.2) is 0 Å². The Kier molecular flexibility index (Phi) is 11.1. The summed E-state index contributed by atoms with van der Waals surface area (Å²) in [4.78, 5) is 29.0. The number of unbranched alkanes of at least 4 members (excludes halogenated alkanes) is 1. The summed E-state index contributed by atoms with van der Waals surface area (Å²) in [5, 5.41) is 3.09. The summed E-state index contributed by atoms with van der Waals surface area (Å²) in [5.41, 5.74) is 5.65. The number of benzene rings is 3. The molecule has 190 valence electrons. The summed E-state index contributed by atoms with van der Waals surface area (Å²) in [5.74, 6) is 0.991. The highest BCUT2D eigenvalue weighted by Crippen LogP contribution is 2.20. The van der Waals surface area contributed by atoms with E-state index in [4.69, 9.17) is 0 Å². The second-order valence-corrected chi connectivity index (χ2v) is 10.3. The number of hydrogen-bond acceptors (Lipinski definition) is 3. The molecule has 0 radical (unpaired) electrons. The van der Waals surface area contributed by atoms with Gasteiger partial charge in [0, 0.05) is 25.3 Å². The Morgan fingerprint density at radius 1 is 0.917 bits per heavy atom. The molecule has 0 saturated heterocycles. The van der Waals surface area contributed by atoms with E-state index in [0.717, 1.165) is 35.3 Å². The number of nitrogens with zero attached hydrogens (tertiary/aromatic N) is 1. The van der Waals surface area contributed by atoms with Crippen molar-refractivity contribution in [2.45, 2.75) is 58.4 Å². The maximum Gasteiger partial charge on any atom is 0.243 e. The van der Waals surface area contributed by atoms with E-state index in [9.17, 15) is 9.59 Å². The first-order valence-corrected chi connectivity index (χ1v) is 13.9. The minimum absolute atomic E-state index is 0.0116. The average molecular weight is 503 g/mol. The lowest BCUT2D eigenvalue weighted by Crippen LogP contribution is -2.51. The molecule has 0 spiro atoms. The summed E-state index contributed by atoms with van der Waals surface area (Å²) in [6.45, 7) is 7.27. The highest BCUT2D eigenvalue weighted by Gasteiger charge is 2.30. The predicted octanol–water partition coefficient (Wildman–Crippen LogP) is 6.09. The number of aryl methyl sites for hydroxylation is 2. The SMILES string of the molecule is CCCCNC(=O)[C@H](Cc1ccccc1)N(Cc1ccccc1C)C(=O)CSCc1cccc(C)c1. The van der Waals surface area contributed by atoms with Gasteiger partial charge in [-0.15, -0.1) is 11.8 Å². The first-order chi connectivity index (χ1) is 17.5. The van der Waals surface area contributed by atoms with E-state index in [1.54, 1.807) is 16.7 Å². The predicted molar refractivity (Wildman–Crippen MR) is 151 cm³/mol. The van der Waals surface area contributed by atoms with Gasteiger partial charge < -0.3 is 10.2 Å². The lowest BCUT2D eigenvalue weighted by molar-refractivity contribution is -0.139. The molecule has 3 rings (SSSR count). The van der Waals surface area contributed by atoms with Gasteiger partial charge in [0.25, 0.3) is 0 Å². The zero-order valence-corrected chi connectivity index (χ0v) is 22.5. The van der Waals surface area contributed by atoms with Crippen LogP contribution in [0.2, 0.25) is 0 Å². The second kappa shape index (κ2) is 14.5. The smallest absolute Gasteiger partial charge is 0.243 e. The number of rotatable bonds is 13. The summed E-state index contributed by atoms with van der Waals surface area (Å²) < 4.78 is 0. The first kappa shape index (κ1) is 27.5. The van der Waals surface area contributed by atoms with Crippen LogP contribution in [0.3, 0.4) is 0 Å². The maximum absolute atomic E-state index is 13.7. The summed E-state index contributed by atoms with van der Waals surface area (Å²) >= 11 is 1.60. The van der Waals surface area contributed by atoms with Crippen LogP contribution in [0, 0.1) is 13.8 Å². The largest absolute Gasteiger partial charge is 0.354 e. The van der Waals surface area contributed by atoms with Crippen molar-refractivity contribution in [3.63, 3.8) is 0 Å². The van der Waals surface area contributed by atoms with Crippen LogP contribution in [0.25, 0.3) is 0 Å². The fourth-order valence-corrected chi connectivity index (χ4v) is 5.03. The third-order valence-electron chi connectivity index (χ3n) is 6.28. The lowest BCUT2D eigenvalue weighted by Gasteiger charge is -2.32. The third kappa shape index (κ3) is 8.56. The van der Waals surface area contributed by atoms with Crippen molar-refractivity contribution in [3.8, 4) is 0 Å². The molecule has 3 aromatic rings. The normalized spacial score (nSPS) is 11.6. The van der Waals surface area contributed by atoms with Gasteiger partial charge in [-0.25, -0.2) is 0 Å². The van der Waals surface area contributed by atoms with Crippen LogP contribution >= 0.6 is 11.8 Å². The number of hydrogen-bond donors (Lipinski definition) is 1. The maximum atomic E-state index is 13.7. The van der Waals surface area contributed by atoms with Crippen LogP contribution in [0.1, 0.15) is 47.6 Å². The Balaban J connectivity index is 1.84. The van der Waals surface area contributed by atoms with E-state index in [-0.39, 0.29) is 11.8 Å². The molecule has 0 aromatic heterocycles. The molecular formula is C31H38N2O2S. The molecule has 1 N–H and O–H groups in total. The molecule has 5 heteroatoms. The quantitative estimate of drug-likeness (QED) is 0.288. The van der Waals surface area contributed by atoms with Gasteiger partial charge in [-0.1, -0.05) is 97.8 Å². The summed E-state index contributed by atoms with van der Waals surface area (Å²) in [6.07, 6.45) is 2.41. The van der Waals surface area contributed by atoms with E-state index >= 15 is 0 Å². The van der Waals surface area contributed by atoms with E-state index in [0.29, 0.717) is 25.3 Å². The van der Waals surface area contributed by atoms with Crippen LogP contribution < -0.4 is 5.32 Å². The fourth-order valence-electron chi connectivity index (χ4n) is 4.17. The van der Waals surface area contributed by atoms with E-state index in [1.807, 2.05) is 54.6 Å². The van der Waals surface area contributed by atoms with Gasteiger partial charge in [-0.2, -0.15) is 0 Å². The first-order valence-electron chi connectivity index (χ1n) is 12.8. The zero-order chi connectivity index (χ0) is 25.8. The Hall–Kier alpha value is -3.05. The highest BCUT2D eigenvalue weighted by atomic mass is 32.2. The van der Waals surface area contributed by atoms with Crippen molar-refractivity contribution >= 4 is 23.6 Å². The summed E-state index contributed by atoms with van der Waals surface area (Å²) in [7, 11) is 0. The van der Waals surface area contributed by atoms with Crippen molar-refractivity contribution in [2.24, 2.45) is 0 Å².